The van der Waals surface area contributed by atoms with Crippen LogP contribution in [0, 0.1) is 15.5 Å². The molecular weight excluding hydrogens is 578 g/mol. The molecule has 3 rings (SSSR count). The zero-order valence-corrected chi connectivity index (χ0v) is 24.5. The van der Waals surface area contributed by atoms with Crippen LogP contribution < -0.4 is 27.0 Å². The number of hydrogen-bond acceptors (Lipinski definition) is 9. The molecule has 1 aromatic carbocycles. The lowest BCUT2D eigenvalue weighted by Crippen LogP contribution is -2.57. The Morgan fingerprint density at radius 3 is 2.30 bits per heavy atom. The van der Waals surface area contributed by atoms with Gasteiger partial charge < -0.3 is 31.9 Å². The van der Waals surface area contributed by atoms with E-state index >= 15 is 0 Å². The molecule has 0 spiro atoms. The summed E-state index contributed by atoms with van der Waals surface area (Å²) in [6.45, 7) is 3.33. The molecule has 2 aliphatic heterocycles. The molecule has 44 heavy (non-hydrogen) atoms. The van der Waals surface area contributed by atoms with Gasteiger partial charge in [0, 0.05) is 43.8 Å². The highest BCUT2D eigenvalue weighted by Crippen LogP contribution is 2.21. The van der Waals surface area contributed by atoms with Crippen LogP contribution in [0.5, 0.6) is 0 Å². The van der Waals surface area contributed by atoms with Gasteiger partial charge in [0.1, 0.15) is 24.2 Å². The van der Waals surface area contributed by atoms with Gasteiger partial charge in [0.25, 0.3) is 5.69 Å². The Kier molecular flexibility index (Phi) is 11.3. The number of nitrogens with one attached hydrogen (secondary N) is 5. The summed E-state index contributed by atoms with van der Waals surface area (Å²) in [5.41, 5.74) is 5.42. The molecule has 0 aromatic heterocycles. The van der Waals surface area contributed by atoms with E-state index in [4.69, 9.17) is 11.1 Å². The first-order valence-electron chi connectivity index (χ1n) is 14.2. The minimum atomic E-state index is -1.10. The van der Waals surface area contributed by atoms with Crippen LogP contribution in [0.4, 0.5) is 11.4 Å². The number of nitro groups is 1. The van der Waals surface area contributed by atoms with Gasteiger partial charge in [-0.3, -0.25) is 49.2 Å². The van der Waals surface area contributed by atoms with Crippen molar-refractivity contribution in [3.8, 4) is 0 Å². The van der Waals surface area contributed by atoms with Crippen molar-refractivity contribution in [2.24, 2.45) is 5.73 Å². The fourth-order valence-electron chi connectivity index (χ4n) is 5.05. The first kappa shape index (κ1) is 33.4. The molecule has 2 saturated heterocycles. The molecular formula is C27H37N9O8. The van der Waals surface area contributed by atoms with Gasteiger partial charge in [-0.1, -0.05) is 0 Å². The van der Waals surface area contributed by atoms with Gasteiger partial charge in [-0.05, 0) is 51.7 Å². The van der Waals surface area contributed by atoms with Crippen LogP contribution in [0.2, 0.25) is 0 Å². The number of likely N-dealkylation sites (tertiary alicyclic amines) is 2. The topological polar surface area (TPSA) is 250 Å². The number of rotatable bonds is 13. The van der Waals surface area contributed by atoms with E-state index < -0.39 is 64.5 Å². The molecule has 0 unspecified atom stereocenters. The first-order valence-corrected chi connectivity index (χ1v) is 14.2. The van der Waals surface area contributed by atoms with E-state index in [-0.39, 0.29) is 49.7 Å². The number of nitrogens with two attached hydrogens (primary N) is 1. The average Bonchev–Trinajstić information content (AvgIpc) is 3.60. The van der Waals surface area contributed by atoms with E-state index in [1.807, 2.05) is 0 Å². The highest BCUT2D eigenvalue weighted by Gasteiger charge is 2.40. The van der Waals surface area contributed by atoms with E-state index in [1.54, 1.807) is 0 Å². The highest BCUT2D eigenvalue weighted by molar-refractivity contribution is 6.06. The molecule has 1 aromatic rings. The number of imide groups is 1. The number of guanidine groups is 1. The van der Waals surface area contributed by atoms with E-state index in [0.717, 1.165) is 4.90 Å². The third-order valence-electron chi connectivity index (χ3n) is 7.39. The van der Waals surface area contributed by atoms with Gasteiger partial charge in [-0.25, -0.2) is 0 Å². The van der Waals surface area contributed by atoms with E-state index in [0.29, 0.717) is 19.3 Å². The molecule has 0 radical (unpaired) electrons. The normalized spacial score (nSPS) is 18.3. The van der Waals surface area contributed by atoms with Crippen molar-refractivity contribution in [2.45, 2.75) is 76.5 Å². The SMILES string of the molecule is C[C@H](NC(=O)[C@H](C)N1C(=O)CCC1=O)C(=O)N1CCC[C@H]1C(=O)N[C@@H](CCCNC(=N)N)C(=O)Nc1ccc([N+](=O)[O-])cc1. The number of nitro benzene ring substituents is 1. The Morgan fingerprint density at radius 1 is 1.07 bits per heavy atom. The molecule has 4 atom stereocenters. The molecule has 17 heteroatoms. The van der Waals surface area contributed by atoms with Gasteiger partial charge in [0.2, 0.25) is 35.4 Å². The molecule has 7 N–H and O–H groups in total. The molecule has 2 aliphatic rings. The number of benzene rings is 1. The standard InChI is InChI=1S/C27H37N9O8/c1-15(31-23(39)16(2)35-21(37)11-12-22(35)38)26(42)34-14-4-6-20(34)25(41)33-19(5-3-13-30-27(28)29)24(40)32-17-7-9-18(10-8-17)36(43)44/h7-10,15-16,19-20H,3-6,11-14H2,1-2H3,(H,31,39)(H,32,40)(H,33,41)(H4,28,29,30)/t15-,16-,19-,20-/m0/s1. The van der Waals surface area contributed by atoms with Gasteiger partial charge in [-0.2, -0.15) is 0 Å². The van der Waals surface area contributed by atoms with Crippen LogP contribution in [0.25, 0.3) is 0 Å². The zero-order valence-electron chi connectivity index (χ0n) is 24.5. The van der Waals surface area contributed by atoms with E-state index in [2.05, 4.69) is 21.3 Å². The number of carbonyl (C=O) groups is 6. The maximum absolute atomic E-state index is 13.4. The number of non-ortho nitro benzene ring substituents is 1. The summed E-state index contributed by atoms with van der Waals surface area (Å²) in [5.74, 6) is -3.58. The lowest BCUT2D eigenvalue weighted by molar-refractivity contribution is -0.384. The summed E-state index contributed by atoms with van der Waals surface area (Å²) < 4.78 is 0. The zero-order chi connectivity index (χ0) is 32.6. The predicted molar refractivity (Wildman–Crippen MR) is 156 cm³/mol. The first-order chi connectivity index (χ1) is 20.8. The van der Waals surface area contributed by atoms with Crippen molar-refractivity contribution in [1.82, 2.24) is 25.8 Å². The fourth-order valence-corrected chi connectivity index (χ4v) is 5.05. The van der Waals surface area contributed by atoms with Gasteiger partial charge in [-0.15, -0.1) is 0 Å². The molecule has 0 bridgehead atoms. The van der Waals surface area contributed by atoms with Crippen LogP contribution in [0.1, 0.15) is 52.4 Å². The van der Waals surface area contributed by atoms with Crippen LogP contribution in [0.3, 0.4) is 0 Å². The summed E-state index contributed by atoms with van der Waals surface area (Å²) in [4.78, 5) is 89.1. The Labute approximate surface area is 252 Å². The van der Waals surface area contributed by atoms with Crippen molar-refractivity contribution < 1.29 is 33.7 Å². The lowest BCUT2D eigenvalue weighted by atomic mass is 10.1. The molecule has 0 aliphatic carbocycles. The lowest BCUT2D eigenvalue weighted by Gasteiger charge is -2.29. The Balaban J connectivity index is 1.65. The second-order valence-corrected chi connectivity index (χ2v) is 10.6. The summed E-state index contributed by atoms with van der Waals surface area (Å²) in [6, 6.07) is 1.02. The fraction of sp³-hybridized carbons (Fsp3) is 0.519. The summed E-state index contributed by atoms with van der Waals surface area (Å²) in [7, 11) is 0. The van der Waals surface area contributed by atoms with Gasteiger partial charge >= 0.3 is 0 Å². The molecule has 17 nitrogen and oxygen atoms in total. The Bertz CT molecular complexity index is 1300. The highest BCUT2D eigenvalue weighted by atomic mass is 16.6. The van der Waals surface area contributed by atoms with Crippen LogP contribution >= 0.6 is 0 Å². The second kappa shape index (κ2) is 14.9. The number of anilines is 1. The monoisotopic (exact) mass is 615 g/mol. The predicted octanol–water partition coefficient (Wildman–Crippen LogP) is -0.685. The van der Waals surface area contributed by atoms with Crippen LogP contribution in [-0.2, 0) is 28.8 Å². The van der Waals surface area contributed by atoms with E-state index in [1.165, 1.54) is 43.0 Å². The van der Waals surface area contributed by atoms with Crippen molar-refractivity contribution in [2.75, 3.05) is 18.4 Å². The average molecular weight is 616 g/mol. The van der Waals surface area contributed by atoms with Crippen molar-refractivity contribution in [3.05, 3.63) is 34.4 Å². The van der Waals surface area contributed by atoms with Gasteiger partial charge in [0.15, 0.2) is 5.96 Å². The molecule has 2 heterocycles. The third-order valence-corrected chi connectivity index (χ3v) is 7.39. The number of hydrogen-bond donors (Lipinski definition) is 6. The van der Waals surface area contributed by atoms with Crippen LogP contribution in [0.15, 0.2) is 24.3 Å². The second-order valence-electron chi connectivity index (χ2n) is 10.6. The molecule has 238 valence electrons. The maximum atomic E-state index is 13.4. The Morgan fingerprint density at radius 2 is 1.70 bits per heavy atom. The van der Waals surface area contributed by atoms with Crippen molar-refractivity contribution >= 4 is 52.8 Å². The summed E-state index contributed by atoms with van der Waals surface area (Å²) in [6.07, 6.45) is 1.34. The van der Waals surface area contributed by atoms with E-state index in [9.17, 15) is 38.9 Å². The Hall–Kier alpha value is -5.09. The van der Waals surface area contributed by atoms with Crippen LogP contribution in [-0.4, -0.2) is 93.4 Å². The minimum absolute atomic E-state index is 0.0235. The van der Waals surface area contributed by atoms with Crippen molar-refractivity contribution in [3.63, 3.8) is 0 Å². The smallest absolute Gasteiger partial charge is 0.269 e. The van der Waals surface area contributed by atoms with Gasteiger partial charge in [0.05, 0.1) is 4.92 Å². The number of nitrogens with zero attached hydrogens (tertiary/aromatic N) is 3. The van der Waals surface area contributed by atoms with Crippen molar-refractivity contribution in [1.29, 1.82) is 5.41 Å². The molecule has 2 fully saturated rings. The number of amides is 6. The molecule has 0 saturated carbocycles. The maximum Gasteiger partial charge on any atom is 0.269 e. The third kappa shape index (κ3) is 8.48. The largest absolute Gasteiger partial charge is 0.370 e. The summed E-state index contributed by atoms with van der Waals surface area (Å²) >= 11 is 0. The minimum Gasteiger partial charge on any atom is -0.370 e. The molecule has 6 amide bonds. The summed E-state index contributed by atoms with van der Waals surface area (Å²) in [5, 5.41) is 28.7. The quantitative estimate of drug-likeness (QED) is 0.0407. The number of carbonyl (C=O) groups excluding carboxylic acids is 6.